The van der Waals surface area contributed by atoms with Crippen molar-refractivity contribution >= 4 is 0 Å². The topological polar surface area (TPSA) is 21.3 Å². The van der Waals surface area contributed by atoms with Crippen molar-refractivity contribution in [3.63, 3.8) is 0 Å². The molecule has 1 aliphatic carbocycles. The zero-order chi connectivity index (χ0) is 10.7. The van der Waals surface area contributed by atoms with Gasteiger partial charge in [0.15, 0.2) is 0 Å². The molecule has 2 atom stereocenters. The second-order valence-electron chi connectivity index (χ2n) is 6.04. The third-order valence-corrected chi connectivity index (χ3v) is 3.84. The maximum absolute atomic E-state index is 5.51. The van der Waals surface area contributed by atoms with Crippen LogP contribution in [0.5, 0.6) is 0 Å². The Bertz CT molecular complexity index is 197. The highest BCUT2D eigenvalue weighted by Gasteiger charge is 2.29. The van der Waals surface area contributed by atoms with Gasteiger partial charge in [0.1, 0.15) is 0 Å². The van der Waals surface area contributed by atoms with Crippen molar-refractivity contribution in [1.82, 2.24) is 5.32 Å². The molecule has 1 N–H and O–H groups in total. The van der Waals surface area contributed by atoms with E-state index in [0.717, 1.165) is 19.3 Å². The van der Waals surface area contributed by atoms with Gasteiger partial charge in [-0.15, -0.1) is 0 Å². The van der Waals surface area contributed by atoms with Crippen LogP contribution in [0, 0.1) is 5.41 Å². The lowest BCUT2D eigenvalue weighted by Crippen LogP contribution is -2.46. The van der Waals surface area contributed by atoms with Gasteiger partial charge in [-0.1, -0.05) is 20.3 Å². The third-order valence-electron chi connectivity index (χ3n) is 3.84. The van der Waals surface area contributed by atoms with Crippen LogP contribution in [0.1, 0.15) is 52.4 Å². The summed E-state index contributed by atoms with van der Waals surface area (Å²) in [6.07, 6.45) is 8.01. The van der Waals surface area contributed by atoms with Gasteiger partial charge in [0.25, 0.3) is 0 Å². The molecule has 0 aromatic heterocycles. The highest BCUT2D eigenvalue weighted by Crippen LogP contribution is 2.35. The van der Waals surface area contributed by atoms with E-state index in [4.69, 9.17) is 4.74 Å². The van der Waals surface area contributed by atoms with Crippen molar-refractivity contribution < 1.29 is 4.74 Å². The standard InChI is InChI=1S/C13H25NO/c1-13(2)7-3-5-11(9-13)14-12-6-4-8-15-10-12/h11-12,14H,3-10H2,1-2H3. The first-order valence-corrected chi connectivity index (χ1v) is 6.49. The minimum Gasteiger partial charge on any atom is -0.380 e. The van der Waals surface area contributed by atoms with Crippen LogP contribution >= 0.6 is 0 Å². The van der Waals surface area contributed by atoms with Crippen LogP contribution in [-0.4, -0.2) is 25.3 Å². The second-order valence-corrected chi connectivity index (χ2v) is 6.04. The second kappa shape index (κ2) is 4.84. The molecule has 0 bridgehead atoms. The first-order chi connectivity index (χ1) is 7.16. The molecular formula is C13H25NO. The van der Waals surface area contributed by atoms with Crippen molar-refractivity contribution in [2.24, 2.45) is 5.41 Å². The van der Waals surface area contributed by atoms with E-state index in [9.17, 15) is 0 Å². The molecule has 2 heteroatoms. The Kier molecular flexibility index (Phi) is 3.68. The summed E-state index contributed by atoms with van der Waals surface area (Å²) in [4.78, 5) is 0. The summed E-state index contributed by atoms with van der Waals surface area (Å²) in [6, 6.07) is 1.36. The lowest BCUT2D eigenvalue weighted by Gasteiger charge is -2.38. The van der Waals surface area contributed by atoms with E-state index in [0.29, 0.717) is 11.5 Å². The predicted octanol–water partition coefficient (Wildman–Crippen LogP) is 2.72. The Morgan fingerprint density at radius 2 is 1.93 bits per heavy atom. The molecule has 1 heterocycles. The van der Waals surface area contributed by atoms with Gasteiger partial charge in [-0.3, -0.25) is 0 Å². The Hall–Kier alpha value is -0.0800. The van der Waals surface area contributed by atoms with Gasteiger partial charge in [0.2, 0.25) is 0 Å². The van der Waals surface area contributed by atoms with Gasteiger partial charge in [-0.2, -0.15) is 0 Å². The molecule has 0 aromatic carbocycles. The highest BCUT2D eigenvalue weighted by atomic mass is 16.5. The highest BCUT2D eigenvalue weighted by molar-refractivity contribution is 4.86. The Morgan fingerprint density at radius 3 is 2.60 bits per heavy atom. The van der Waals surface area contributed by atoms with Crippen molar-refractivity contribution in [3.8, 4) is 0 Å². The van der Waals surface area contributed by atoms with Crippen LogP contribution in [0.3, 0.4) is 0 Å². The molecule has 88 valence electrons. The molecular weight excluding hydrogens is 186 g/mol. The van der Waals surface area contributed by atoms with Crippen molar-refractivity contribution in [2.45, 2.75) is 64.5 Å². The van der Waals surface area contributed by atoms with Crippen molar-refractivity contribution in [2.75, 3.05) is 13.2 Å². The van der Waals surface area contributed by atoms with Gasteiger partial charge in [0.05, 0.1) is 6.61 Å². The van der Waals surface area contributed by atoms with E-state index >= 15 is 0 Å². The van der Waals surface area contributed by atoms with Gasteiger partial charge < -0.3 is 10.1 Å². The average molecular weight is 211 g/mol. The Labute approximate surface area is 93.8 Å². The molecule has 2 nitrogen and oxygen atoms in total. The fraction of sp³-hybridized carbons (Fsp3) is 1.00. The molecule has 15 heavy (non-hydrogen) atoms. The van der Waals surface area contributed by atoms with E-state index in [1.165, 1.54) is 38.5 Å². The molecule has 1 saturated heterocycles. The number of hydrogen-bond donors (Lipinski definition) is 1. The molecule has 0 radical (unpaired) electrons. The van der Waals surface area contributed by atoms with Crippen LogP contribution in [0.4, 0.5) is 0 Å². The predicted molar refractivity (Wildman–Crippen MR) is 63.0 cm³/mol. The molecule has 0 amide bonds. The summed E-state index contributed by atoms with van der Waals surface area (Å²) in [5.41, 5.74) is 0.547. The summed E-state index contributed by atoms with van der Waals surface area (Å²) in [6.45, 7) is 6.70. The number of hydrogen-bond acceptors (Lipinski definition) is 2. The monoisotopic (exact) mass is 211 g/mol. The zero-order valence-electron chi connectivity index (χ0n) is 10.2. The number of nitrogens with one attached hydrogen (secondary N) is 1. The Balaban J connectivity index is 1.78. The molecule has 1 aliphatic heterocycles. The molecule has 0 aromatic rings. The fourth-order valence-electron chi connectivity index (χ4n) is 3.05. The summed E-state index contributed by atoms with van der Waals surface area (Å²) in [5.74, 6) is 0. The lowest BCUT2D eigenvalue weighted by atomic mass is 9.75. The lowest BCUT2D eigenvalue weighted by molar-refractivity contribution is 0.0593. The minimum absolute atomic E-state index is 0.547. The van der Waals surface area contributed by atoms with Crippen LogP contribution in [0.2, 0.25) is 0 Å². The van der Waals surface area contributed by atoms with Crippen molar-refractivity contribution in [3.05, 3.63) is 0 Å². The third kappa shape index (κ3) is 3.46. The molecule has 2 fully saturated rings. The van der Waals surface area contributed by atoms with Gasteiger partial charge in [-0.05, 0) is 37.5 Å². The van der Waals surface area contributed by atoms with E-state index in [1.54, 1.807) is 0 Å². The molecule has 2 rings (SSSR count). The first kappa shape index (κ1) is 11.4. The normalized spacial score (nSPS) is 36.4. The molecule has 0 spiro atoms. The SMILES string of the molecule is CC1(C)CCCC(NC2CCCOC2)C1. The molecule has 1 saturated carbocycles. The maximum Gasteiger partial charge on any atom is 0.0619 e. The van der Waals surface area contributed by atoms with Crippen molar-refractivity contribution in [1.29, 1.82) is 0 Å². The fourth-order valence-corrected chi connectivity index (χ4v) is 3.05. The molecule has 2 unspecified atom stereocenters. The summed E-state index contributed by atoms with van der Waals surface area (Å²) in [5, 5.41) is 3.79. The summed E-state index contributed by atoms with van der Waals surface area (Å²) in [7, 11) is 0. The summed E-state index contributed by atoms with van der Waals surface area (Å²) >= 11 is 0. The van der Waals surface area contributed by atoms with Crippen LogP contribution in [0.25, 0.3) is 0 Å². The van der Waals surface area contributed by atoms with Gasteiger partial charge >= 0.3 is 0 Å². The zero-order valence-corrected chi connectivity index (χ0v) is 10.2. The van der Waals surface area contributed by atoms with Crippen LogP contribution in [-0.2, 0) is 4.74 Å². The van der Waals surface area contributed by atoms with Gasteiger partial charge in [-0.25, -0.2) is 0 Å². The summed E-state index contributed by atoms with van der Waals surface area (Å²) < 4.78 is 5.51. The quantitative estimate of drug-likeness (QED) is 0.758. The Morgan fingerprint density at radius 1 is 1.13 bits per heavy atom. The van der Waals surface area contributed by atoms with E-state index in [-0.39, 0.29) is 0 Å². The van der Waals surface area contributed by atoms with Crippen LogP contribution in [0.15, 0.2) is 0 Å². The van der Waals surface area contributed by atoms with Crippen LogP contribution < -0.4 is 5.32 Å². The number of rotatable bonds is 2. The largest absolute Gasteiger partial charge is 0.380 e. The number of ether oxygens (including phenoxy) is 1. The van der Waals surface area contributed by atoms with Gasteiger partial charge in [0, 0.05) is 18.7 Å². The maximum atomic E-state index is 5.51. The minimum atomic E-state index is 0.547. The smallest absolute Gasteiger partial charge is 0.0619 e. The van der Waals surface area contributed by atoms with E-state index in [2.05, 4.69) is 19.2 Å². The average Bonchev–Trinajstić information content (AvgIpc) is 2.17. The molecule has 2 aliphatic rings. The van der Waals surface area contributed by atoms with E-state index in [1.807, 2.05) is 0 Å². The first-order valence-electron chi connectivity index (χ1n) is 6.49. The van der Waals surface area contributed by atoms with E-state index < -0.39 is 0 Å².